The molecular formula is C31H27F3N4O5. The minimum atomic E-state index is -1.79. The second-order valence-electron chi connectivity index (χ2n) is 10.0. The molecule has 2 N–H and O–H groups in total. The number of carbonyl (C=O) groups is 2. The third-order valence-electron chi connectivity index (χ3n) is 7.19. The first-order valence-corrected chi connectivity index (χ1v) is 13.2. The summed E-state index contributed by atoms with van der Waals surface area (Å²) in [6, 6.07) is 15.5. The zero-order valence-corrected chi connectivity index (χ0v) is 23.4. The first-order valence-electron chi connectivity index (χ1n) is 13.2. The van der Waals surface area contributed by atoms with E-state index in [2.05, 4.69) is 15.3 Å². The Kier molecular flexibility index (Phi) is 8.05. The van der Waals surface area contributed by atoms with Crippen molar-refractivity contribution in [1.29, 1.82) is 0 Å². The van der Waals surface area contributed by atoms with E-state index in [0.717, 1.165) is 4.90 Å². The highest BCUT2D eigenvalue weighted by molar-refractivity contribution is 5.97. The summed E-state index contributed by atoms with van der Waals surface area (Å²) in [7, 11) is 1.45. The van der Waals surface area contributed by atoms with Crippen molar-refractivity contribution in [2.75, 3.05) is 18.6 Å². The van der Waals surface area contributed by atoms with Crippen LogP contribution in [-0.4, -0.2) is 46.7 Å². The lowest BCUT2D eigenvalue weighted by atomic mass is 9.77. The van der Waals surface area contributed by atoms with Gasteiger partial charge in [-0.15, -0.1) is 0 Å². The van der Waals surface area contributed by atoms with E-state index in [1.807, 2.05) is 0 Å². The number of fused-ring (bicyclic) bond motifs is 1. The normalized spacial score (nSPS) is 17.2. The van der Waals surface area contributed by atoms with Gasteiger partial charge in [-0.25, -0.2) is 27.9 Å². The van der Waals surface area contributed by atoms with E-state index in [-0.39, 0.29) is 17.3 Å². The standard InChI is InChI=1S/C31H27F3N4O5/c1-17-11-18(2)37-30(36-17)43-28(29(40)41)31(19-7-6-8-21(12-19)42-3)23-9-4-5-10-26(23)38(27(39)15-35-31)16-22-24(33)13-20(32)14-25(22)34/h4-14,28,35H,15-16H2,1-3H3,(H,40,41). The molecule has 0 saturated carbocycles. The van der Waals surface area contributed by atoms with Crippen LogP contribution in [0.1, 0.15) is 28.1 Å². The van der Waals surface area contributed by atoms with Gasteiger partial charge < -0.3 is 19.5 Å². The van der Waals surface area contributed by atoms with E-state index in [4.69, 9.17) is 9.47 Å². The number of halogens is 3. The predicted molar refractivity (Wildman–Crippen MR) is 149 cm³/mol. The van der Waals surface area contributed by atoms with Gasteiger partial charge in [0, 0.05) is 40.3 Å². The number of aliphatic carboxylic acids is 1. The van der Waals surface area contributed by atoms with Crippen LogP contribution in [0.4, 0.5) is 18.9 Å². The summed E-state index contributed by atoms with van der Waals surface area (Å²) in [5, 5.41) is 13.8. The van der Waals surface area contributed by atoms with Crippen LogP contribution in [0.5, 0.6) is 11.8 Å². The number of carboxylic acids is 1. The summed E-state index contributed by atoms with van der Waals surface area (Å²) in [4.78, 5) is 36.4. The number of ether oxygens (including phenoxy) is 2. The topological polar surface area (TPSA) is 114 Å². The van der Waals surface area contributed by atoms with Crippen molar-refractivity contribution in [2.45, 2.75) is 32.0 Å². The molecule has 12 heteroatoms. The van der Waals surface area contributed by atoms with Gasteiger partial charge in [0.15, 0.2) is 0 Å². The largest absolute Gasteiger partial charge is 0.497 e. The van der Waals surface area contributed by atoms with Crippen molar-refractivity contribution >= 4 is 17.6 Å². The second-order valence-corrected chi connectivity index (χ2v) is 10.0. The molecule has 0 saturated heterocycles. The van der Waals surface area contributed by atoms with Gasteiger partial charge in [-0.2, -0.15) is 0 Å². The summed E-state index contributed by atoms with van der Waals surface area (Å²) in [5.41, 5.74) is -0.490. The maximum atomic E-state index is 14.8. The lowest BCUT2D eigenvalue weighted by Crippen LogP contribution is -2.58. The lowest BCUT2D eigenvalue weighted by molar-refractivity contribution is -0.149. The molecule has 2 heterocycles. The number of para-hydroxylation sites is 1. The molecule has 2 unspecified atom stereocenters. The first kappa shape index (κ1) is 29.5. The quantitative estimate of drug-likeness (QED) is 0.309. The Morgan fingerprint density at radius 3 is 2.35 bits per heavy atom. The number of nitrogens with zero attached hydrogens (tertiary/aromatic N) is 3. The van der Waals surface area contributed by atoms with Crippen LogP contribution in [0.15, 0.2) is 66.7 Å². The summed E-state index contributed by atoms with van der Waals surface area (Å²) < 4.78 is 54.6. The molecule has 3 aromatic carbocycles. The average molecular weight is 593 g/mol. The van der Waals surface area contributed by atoms with E-state index in [0.29, 0.717) is 34.8 Å². The van der Waals surface area contributed by atoms with Crippen LogP contribution >= 0.6 is 0 Å². The number of anilines is 1. The first-order chi connectivity index (χ1) is 20.5. The molecular weight excluding hydrogens is 565 g/mol. The van der Waals surface area contributed by atoms with E-state index in [1.54, 1.807) is 62.4 Å². The summed E-state index contributed by atoms with van der Waals surface area (Å²) in [6.45, 7) is 2.34. The van der Waals surface area contributed by atoms with Crippen LogP contribution in [0.2, 0.25) is 0 Å². The highest BCUT2D eigenvalue weighted by atomic mass is 19.1. The number of nitrogens with one attached hydrogen (secondary N) is 1. The number of carbonyl (C=O) groups excluding carboxylic acids is 1. The van der Waals surface area contributed by atoms with Gasteiger partial charge in [-0.05, 0) is 43.7 Å². The van der Waals surface area contributed by atoms with Gasteiger partial charge in [-0.3, -0.25) is 10.1 Å². The molecule has 1 aromatic heterocycles. The maximum absolute atomic E-state index is 14.8. The smallest absolute Gasteiger partial charge is 0.347 e. The van der Waals surface area contributed by atoms with E-state index >= 15 is 0 Å². The summed E-state index contributed by atoms with van der Waals surface area (Å²) >= 11 is 0. The zero-order valence-electron chi connectivity index (χ0n) is 23.4. The Labute approximate surface area is 244 Å². The monoisotopic (exact) mass is 592 g/mol. The maximum Gasteiger partial charge on any atom is 0.347 e. The predicted octanol–water partition coefficient (Wildman–Crippen LogP) is 4.43. The number of methoxy groups -OCH3 is 1. The number of amides is 1. The number of aryl methyl sites for hydroxylation is 2. The lowest BCUT2D eigenvalue weighted by Gasteiger charge is -2.39. The fourth-order valence-corrected chi connectivity index (χ4v) is 5.32. The number of benzene rings is 3. The molecule has 222 valence electrons. The van der Waals surface area contributed by atoms with E-state index in [9.17, 15) is 27.9 Å². The van der Waals surface area contributed by atoms with Gasteiger partial charge >= 0.3 is 12.0 Å². The molecule has 1 amide bonds. The fourth-order valence-electron chi connectivity index (χ4n) is 5.32. The molecule has 4 aromatic rings. The second kappa shape index (κ2) is 11.7. The Hall–Kier alpha value is -4.97. The average Bonchev–Trinajstić information content (AvgIpc) is 3.07. The minimum absolute atomic E-state index is 0.152. The summed E-state index contributed by atoms with van der Waals surface area (Å²) in [5.74, 6) is -5.09. The van der Waals surface area contributed by atoms with Crippen molar-refractivity contribution < 1.29 is 37.3 Å². The van der Waals surface area contributed by atoms with Crippen LogP contribution in [0.25, 0.3) is 0 Å². The van der Waals surface area contributed by atoms with Crippen LogP contribution < -0.4 is 19.7 Å². The SMILES string of the molecule is COc1cccc(C2(C(Oc3nc(C)cc(C)n3)C(=O)O)NCC(=O)N(Cc3c(F)cc(F)cc3F)c3ccccc32)c1. The Morgan fingerprint density at radius 1 is 1.02 bits per heavy atom. The highest BCUT2D eigenvalue weighted by Crippen LogP contribution is 2.43. The molecule has 1 aliphatic rings. The molecule has 9 nitrogen and oxygen atoms in total. The summed E-state index contributed by atoms with van der Waals surface area (Å²) in [6.07, 6.45) is -1.77. The number of hydrogen-bond acceptors (Lipinski definition) is 7. The third-order valence-corrected chi connectivity index (χ3v) is 7.19. The van der Waals surface area contributed by atoms with Crippen LogP contribution in [0, 0.1) is 31.3 Å². The van der Waals surface area contributed by atoms with Crippen LogP contribution in [0.3, 0.4) is 0 Å². The van der Waals surface area contributed by atoms with Gasteiger partial charge in [0.1, 0.15) is 28.7 Å². The Balaban J connectivity index is 1.76. The van der Waals surface area contributed by atoms with Gasteiger partial charge in [0.2, 0.25) is 12.0 Å². The molecule has 1 aliphatic heterocycles. The van der Waals surface area contributed by atoms with Crippen molar-refractivity contribution in [1.82, 2.24) is 15.3 Å². The third kappa shape index (κ3) is 5.61. The molecule has 0 aliphatic carbocycles. The van der Waals surface area contributed by atoms with Crippen molar-refractivity contribution in [3.63, 3.8) is 0 Å². The van der Waals surface area contributed by atoms with Gasteiger partial charge in [-0.1, -0.05) is 30.3 Å². The number of hydrogen-bond donors (Lipinski definition) is 2. The van der Waals surface area contributed by atoms with Gasteiger partial charge in [0.05, 0.1) is 20.2 Å². The number of carboxylic acid groups (broad SMARTS) is 1. The Morgan fingerprint density at radius 2 is 1.70 bits per heavy atom. The van der Waals surface area contributed by atoms with Crippen LogP contribution in [-0.2, 0) is 21.7 Å². The molecule has 0 fully saturated rings. The van der Waals surface area contributed by atoms with Crippen molar-refractivity contribution in [2.24, 2.45) is 0 Å². The van der Waals surface area contributed by atoms with E-state index in [1.165, 1.54) is 13.2 Å². The molecule has 43 heavy (non-hydrogen) atoms. The molecule has 0 bridgehead atoms. The zero-order chi connectivity index (χ0) is 30.9. The fraction of sp³-hybridized carbons (Fsp3) is 0.226. The van der Waals surface area contributed by atoms with Crippen molar-refractivity contribution in [3.8, 4) is 11.8 Å². The molecule has 0 spiro atoms. The number of aromatic nitrogens is 2. The Bertz CT molecular complexity index is 1680. The minimum Gasteiger partial charge on any atom is -0.497 e. The van der Waals surface area contributed by atoms with Gasteiger partial charge in [0.25, 0.3) is 0 Å². The van der Waals surface area contributed by atoms with E-state index < -0.39 is 59.6 Å². The molecule has 2 atom stereocenters. The molecule has 5 rings (SSSR count). The number of rotatable bonds is 8. The van der Waals surface area contributed by atoms with Crippen molar-refractivity contribution in [3.05, 3.63) is 112 Å². The molecule has 0 radical (unpaired) electrons. The highest BCUT2D eigenvalue weighted by Gasteiger charge is 2.52.